The number of benzene rings is 1. The topological polar surface area (TPSA) is 111 Å². The van der Waals surface area contributed by atoms with Crippen LogP contribution in [0, 0.1) is 11.3 Å². The molecule has 2 aliphatic rings. The van der Waals surface area contributed by atoms with Crippen LogP contribution in [0.1, 0.15) is 24.0 Å². The Kier molecular flexibility index (Phi) is 7.83. The van der Waals surface area contributed by atoms with Crippen molar-refractivity contribution in [2.24, 2.45) is 10.9 Å². The first kappa shape index (κ1) is 26.6. The van der Waals surface area contributed by atoms with Crippen LogP contribution in [0.15, 0.2) is 81.9 Å². The summed E-state index contributed by atoms with van der Waals surface area (Å²) < 4.78 is 67.7. The summed E-state index contributed by atoms with van der Waals surface area (Å²) in [6.45, 7) is 0.646. The Morgan fingerprint density at radius 3 is 2.59 bits per heavy atom. The largest absolute Gasteiger partial charge is 0.417 e. The predicted octanol–water partition coefficient (Wildman–Crippen LogP) is 2.63. The van der Waals surface area contributed by atoms with E-state index in [1.807, 2.05) is 18.2 Å². The molecule has 0 unspecified atom stereocenters. The number of nitrogens with one attached hydrogen (secondary N) is 3. The molecule has 37 heavy (non-hydrogen) atoms. The molecule has 4 rings (SSSR count). The zero-order valence-corrected chi connectivity index (χ0v) is 20.9. The number of aliphatic imine (C=N–C) groups is 1. The number of alkyl halides is 3. The number of sulfonamides is 1. The number of rotatable bonds is 7. The van der Waals surface area contributed by atoms with Crippen molar-refractivity contribution in [3.05, 3.63) is 83.1 Å². The van der Waals surface area contributed by atoms with Crippen molar-refractivity contribution in [1.82, 2.24) is 19.9 Å². The number of allylic oxidation sites excluding steroid dienone is 2. The molecule has 1 aromatic heterocycles. The standard InChI is InChI=1S/C24H26BF3N6O2S/c25-19(13-29)23-32-20(12-22(33-23)31-15-16-4-3-9-30-14-16)17-7-10-34(11-8-17)37(35,36)21-6-2-1-5-18(21)24(26,27)28/h1-6,9,12-14,17,29,31,33H,7-8,10-11,15,25H2/b23-19+,29-13?. The van der Waals surface area contributed by atoms with E-state index in [1.54, 1.807) is 20.2 Å². The van der Waals surface area contributed by atoms with Crippen LogP contribution in [0.2, 0.25) is 0 Å². The van der Waals surface area contributed by atoms with Crippen LogP contribution in [0.3, 0.4) is 0 Å². The molecular weight excluding hydrogens is 504 g/mol. The van der Waals surface area contributed by atoms with Gasteiger partial charge >= 0.3 is 6.18 Å². The Balaban J connectivity index is 1.51. The van der Waals surface area contributed by atoms with E-state index in [1.165, 1.54) is 18.3 Å². The molecule has 2 aliphatic heterocycles. The first-order valence-corrected chi connectivity index (χ1v) is 13.1. The Labute approximate surface area is 214 Å². The monoisotopic (exact) mass is 530 g/mol. The normalized spacial score (nSPS) is 18.9. The van der Waals surface area contributed by atoms with E-state index < -0.39 is 26.7 Å². The fourth-order valence-electron chi connectivity index (χ4n) is 4.22. The second-order valence-corrected chi connectivity index (χ2v) is 10.7. The van der Waals surface area contributed by atoms with Gasteiger partial charge in [0.25, 0.3) is 0 Å². The maximum absolute atomic E-state index is 13.4. The predicted molar refractivity (Wildman–Crippen MR) is 137 cm³/mol. The highest BCUT2D eigenvalue weighted by atomic mass is 32.2. The van der Waals surface area contributed by atoms with Gasteiger partial charge in [0, 0.05) is 55.9 Å². The maximum atomic E-state index is 13.4. The van der Waals surface area contributed by atoms with Crippen LogP contribution in [-0.4, -0.2) is 50.6 Å². The van der Waals surface area contributed by atoms with Gasteiger partial charge in [-0.05, 0) is 42.1 Å². The fourth-order valence-corrected chi connectivity index (χ4v) is 5.90. The minimum atomic E-state index is -4.77. The molecule has 0 amide bonds. The van der Waals surface area contributed by atoms with Crippen molar-refractivity contribution in [2.75, 3.05) is 13.1 Å². The summed E-state index contributed by atoms with van der Waals surface area (Å²) >= 11 is 0. The zero-order chi connectivity index (χ0) is 26.6. The molecule has 0 spiro atoms. The Hall–Kier alpha value is -3.45. The van der Waals surface area contributed by atoms with Crippen molar-refractivity contribution in [3.63, 3.8) is 0 Å². The number of hydrogen-bond acceptors (Lipinski definition) is 7. The molecule has 0 saturated carbocycles. The Morgan fingerprint density at radius 1 is 1.22 bits per heavy atom. The highest BCUT2D eigenvalue weighted by Crippen LogP contribution is 2.36. The van der Waals surface area contributed by atoms with Gasteiger partial charge in [-0.15, -0.1) is 0 Å². The van der Waals surface area contributed by atoms with Gasteiger partial charge in [-0.1, -0.05) is 18.2 Å². The lowest BCUT2D eigenvalue weighted by molar-refractivity contribution is -0.139. The third-order valence-corrected chi connectivity index (χ3v) is 8.22. The molecule has 13 heteroatoms. The maximum Gasteiger partial charge on any atom is 0.417 e. The summed E-state index contributed by atoms with van der Waals surface area (Å²) in [5.74, 6) is 1.09. The molecule has 8 nitrogen and oxygen atoms in total. The van der Waals surface area contributed by atoms with E-state index in [2.05, 4.69) is 20.6 Å². The number of aromatic nitrogens is 1. The number of halogens is 3. The van der Waals surface area contributed by atoms with Crippen molar-refractivity contribution < 1.29 is 21.6 Å². The molecule has 2 aromatic rings. The molecule has 1 fully saturated rings. The lowest BCUT2D eigenvalue weighted by Crippen LogP contribution is -2.41. The summed E-state index contributed by atoms with van der Waals surface area (Å²) in [5.41, 5.74) is 1.15. The van der Waals surface area contributed by atoms with E-state index in [-0.39, 0.29) is 19.0 Å². The minimum absolute atomic E-state index is 0.0700. The van der Waals surface area contributed by atoms with Gasteiger partial charge in [-0.3, -0.25) is 4.98 Å². The van der Waals surface area contributed by atoms with E-state index in [0.717, 1.165) is 27.7 Å². The Morgan fingerprint density at radius 2 is 1.95 bits per heavy atom. The molecule has 0 atom stereocenters. The highest BCUT2D eigenvalue weighted by Gasteiger charge is 2.40. The van der Waals surface area contributed by atoms with Crippen molar-refractivity contribution >= 4 is 29.8 Å². The van der Waals surface area contributed by atoms with Gasteiger partial charge < -0.3 is 16.0 Å². The second-order valence-electron chi connectivity index (χ2n) is 8.78. The lowest BCUT2D eigenvalue weighted by atomic mass is 9.91. The summed E-state index contributed by atoms with van der Waals surface area (Å²) in [6, 6.07) is 8.03. The van der Waals surface area contributed by atoms with Crippen LogP contribution in [0.5, 0.6) is 0 Å². The number of nitrogens with zero attached hydrogens (tertiary/aromatic N) is 3. The molecule has 1 saturated heterocycles. The first-order valence-electron chi connectivity index (χ1n) is 11.7. The van der Waals surface area contributed by atoms with Crippen molar-refractivity contribution in [2.45, 2.75) is 30.5 Å². The third-order valence-electron chi connectivity index (χ3n) is 6.26. The highest BCUT2D eigenvalue weighted by molar-refractivity contribution is 7.89. The third kappa shape index (κ3) is 6.11. The summed E-state index contributed by atoms with van der Waals surface area (Å²) in [5, 5.41) is 14.1. The van der Waals surface area contributed by atoms with Crippen LogP contribution in [-0.2, 0) is 22.7 Å². The summed E-state index contributed by atoms with van der Waals surface area (Å²) in [4.78, 5) is 8.04. The van der Waals surface area contributed by atoms with Crippen LogP contribution in [0.4, 0.5) is 13.2 Å². The van der Waals surface area contributed by atoms with Gasteiger partial charge in [0.2, 0.25) is 10.0 Å². The van der Waals surface area contributed by atoms with Crippen LogP contribution in [0.25, 0.3) is 0 Å². The van der Waals surface area contributed by atoms with E-state index in [0.29, 0.717) is 36.5 Å². The molecule has 194 valence electrons. The number of hydrogen-bond donors (Lipinski definition) is 3. The quantitative estimate of drug-likeness (QED) is 0.377. The number of pyridine rings is 1. The van der Waals surface area contributed by atoms with E-state index >= 15 is 0 Å². The average Bonchev–Trinajstić information content (AvgIpc) is 2.91. The SMILES string of the molecule is B/C(C=N)=C1\N=C(C2CCN(S(=O)(=O)c3ccccc3C(F)(F)F)CC2)C=C(NCc2cccnc2)N1. The van der Waals surface area contributed by atoms with Crippen molar-refractivity contribution in [1.29, 1.82) is 5.41 Å². The van der Waals surface area contributed by atoms with E-state index in [9.17, 15) is 21.6 Å². The average molecular weight is 530 g/mol. The molecule has 1 aromatic carbocycles. The smallest absolute Gasteiger partial charge is 0.367 e. The Bertz CT molecular complexity index is 1350. The molecule has 0 radical (unpaired) electrons. The van der Waals surface area contributed by atoms with Crippen molar-refractivity contribution in [3.8, 4) is 0 Å². The van der Waals surface area contributed by atoms with Gasteiger partial charge in [-0.2, -0.15) is 17.5 Å². The summed E-state index contributed by atoms with van der Waals surface area (Å²) in [6.07, 6.45) is 2.51. The first-order chi connectivity index (χ1) is 17.6. The van der Waals surface area contributed by atoms with Gasteiger partial charge in [-0.25, -0.2) is 13.4 Å². The van der Waals surface area contributed by atoms with E-state index in [4.69, 9.17) is 5.41 Å². The zero-order valence-electron chi connectivity index (χ0n) is 20.1. The van der Waals surface area contributed by atoms with Gasteiger partial charge in [0.15, 0.2) is 0 Å². The number of piperidine rings is 1. The second kappa shape index (κ2) is 10.9. The molecule has 3 N–H and O–H groups in total. The summed E-state index contributed by atoms with van der Waals surface area (Å²) in [7, 11) is -2.56. The van der Waals surface area contributed by atoms with Crippen LogP contribution >= 0.6 is 0 Å². The molecular formula is C24H26BF3N6O2S. The van der Waals surface area contributed by atoms with Gasteiger partial charge in [0.1, 0.15) is 19.5 Å². The van der Waals surface area contributed by atoms with Crippen LogP contribution < -0.4 is 10.6 Å². The minimum Gasteiger partial charge on any atom is -0.367 e. The molecule has 3 heterocycles. The fraction of sp³-hybridized carbons (Fsp3) is 0.292. The lowest BCUT2D eigenvalue weighted by Gasteiger charge is -2.33. The molecule has 0 aliphatic carbocycles. The molecule has 0 bridgehead atoms. The van der Waals surface area contributed by atoms with Gasteiger partial charge in [0.05, 0.1) is 10.5 Å².